The summed E-state index contributed by atoms with van der Waals surface area (Å²) in [5.41, 5.74) is 2.86. The van der Waals surface area contributed by atoms with Gasteiger partial charge in [0, 0.05) is 22.8 Å². The minimum Gasteiger partial charge on any atom is -0.867 e. The molecule has 0 atom stereocenters. The molecule has 29 heavy (non-hydrogen) atoms. The van der Waals surface area contributed by atoms with Gasteiger partial charge < -0.3 is 10.4 Å². The number of pyridine rings is 1. The van der Waals surface area contributed by atoms with Gasteiger partial charge in [0.1, 0.15) is 0 Å². The van der Waals surface area contributed by atoms with Crippen LogP contribution in [0.2, 0.25) is 5.02 Å². The van der Waals surface area contributed by atoms with Crippen LogP contribution in [0.5, 0.6) is 0 Å². The van der Waals surface area contributed by atoms with E-state index in [0.717, 1.165) is 5.69 Å². The fourth-order valence-electron chi connectivity index (χ4n) is 2.89. The van der Waals surface area contributed by atoms with Gasteiger partial charge in [0.2, 0.25) is 5.70 Å². The van der Waals surface area contributed by atoms with E-state index in [1.165, 1.54) is 5.56 Å². The highest BCUT2D eigenvalue weighted by molar-refractivity contribution is 7.81. The first-order valence-electron chi connectivity index (χ1n) is 9.31. The first-order chi connectivity index (χ1) is 13.8. The number of aromatic nitrogens is 1. The average Bonchev–Trinajstić information content (AvgIpc) is 2.68. The van der Waals surface area contributed by atoms with Gasteiger partial charge in [0.15, 0.2) is 17.4 Å². The number of hydrogen-bond acceptors (Lipinski definition) is 2. The van der Waals surface area contributed by atoms with Gasteiger partial charge in [-0.05, 0) is 46.6 Å². The van der Waals surface area contributed by atoms with Crippen molar-refractivity contribution >= 4 is 46.0 Å². The Balaban J connectivity index is 2.08. The van der Waals surface area contributed by atoms with Gasteiger partial charge >= 0.3 is 0 Å². The van der Waals surface area contributed by atoms with Crippen molar-refractivity contribution in [3.63, 3.8) is 0 Å². The molecule has 0 unspecified atom stereocenters. The van der Waals surface area contributed by atoms with Crippen molar-refractivity contribution in [3.8, 4) is 0 Å². The molecule has 3 rings (SSSR count). The third-order valence-electron chi connectivity index (χ3n) is 4.50. The van der Waals surface area contributed by atoms with Crippen LogP contribution in [0.1, 0.15) is 31.9 Å². The lowest BCUT2D eigenvalue weighted by molar-refractivity contribution is -0.577. The first-order valence-corrected chi connectivity index (χ1v) is 10.1. The topological polar surface area (TPSA) is 39.0 Å². The molecule has 0 amide bonds. The molecular weight excluding hydrogens is 400 g/mol. The van der Waals surface area contributed by atoms with Gasteiger partial charge in [0.25, 0.3) is 0 Å². The van der Waals surface area contributed by atoms with Crippen LogP contribution < -0.4 is 15.0 Å². The van der Waals surface area contributed by atoms with Crippen LogP contribution in [0.15, 0.2) is 79.1 Å². The van der Waals surface area contributed by atoms with Gasteiger partial charge in [-0.15, -0.1) is 0 Å². The Labute approximate surface area is 182 Å². The maximum atomic E-state index is 13.4. The normalized spacial score (nSPS) is 12.3. The molecule has 3 nitrogen and oxygen atoms in total. The molecule has 5 heteroatoms. The molecule has 0 fully saturated rings. The first kappa shape index (κ1) is 21.0. The Morgan fingerprint density at radius 2 is 1.62 bits per heavy atom. The molecular formula is C24H23ClN2OS. The van der Waals surface area contributed by atoms with Crippen molar-refractivity contribution in [2.75, 3.05) is 5.32 Å². The van der Waals surface area contributed by atoms with Crippen molar-refractivity contribution in [3.05, 3.63) is 95.3 Å². The van der Waals surface area contributed by atoms with Gasteiger partial charge in [-0.25, -0.2) is 0 Å². The molecule has 0 aliphatic rings. The zero-order chi connectivity index (χ0) is 21.0. The smallest absolute Gasteiger partial charge is 0.238 e. The van der Waals surface area contributed by atoms with Crippen molar-refractivity contribution in [1.29, 1.82) is 0 Å². The molecule has 0 radical (unpaired) electrons. The summed E-state index contributed by atoms with van der Waals surface area (Å²) in [5, 5.41) is 17.0. The summed E-state index contributed by atoms with van der Waals surface area (Å²) in [6, 6.07) is 20.5. The Bertz CT molecular complexity index is 1040. The quantitative estimate of drug-likeness (QED) is 0.277. The van der Waals surface area contributed by atoms with Crippen molar-refractivity contribution in [1.82, 2.24) is 0 Å². The number of hydrogen-bond donors (Lipinski definition) is 1. The lowest BCUT2D eigenvalue weighted by atomic mass is 9.88. The predicted octanol–water partition coefficient (Wildman–Crippen LogP) is 5.05. The summed E-state index contributed by atoms with van der Waals surface area (Å²) in [4.78, 5) is 0.342. The number of nitrogens with one attached hydrogen (secondary N) is 1. The third-order valence-corrected chi connectivity index (χ3v) is 5.03. The molecule has 0 bridgehead atoms. The summed E-state index contributed by atoms with van der Waals surface area (Å²) < 4.78 is 1.76. The van der Waals surface area contributed by atoms with Crippen LogP contribution in [-0.4, -0.2) is 4.99 Å². The van der Waals surface area contributed by atoms with Crippen LogP contribution in [0.25, 0.3) is 11.5 Å². The van der Waals surface area contributed by atoms with E-state index in [0.29, 0.717) is 21.3 Å². The lowest BCUT2D eigenvalue weighted by Gasteiger charge is -2.19. The fourth-order valence-corrected chi connectivity index (χ4v) is 3.40. The molecule has 0 aliphatic heterocycles. The van der Waals surface area contributed by atoms with Crippen LogP contribution in [-0.2, 0) is 5.41 Å². The third kappa shape index (κ3) is 5.22. The summed E-state index contributed by atoms with van der Waals surface area (Å²) in [6.45, 7) is 6.45. The molecule has 0 spiro atoms. The second-order valence-electron chi connectivity index (χ2n) is 7.75. The monoisotopic (exact) mass is 422 g/mol. The maximum absolute atomic E-state index is 13.4. The zero-order valence-corrected chi connectivity index (χ0v) is 18.2. The van der Waals surface area contributed by atoms with E-state index in [-0.39, 0.29) is 11.2 Å². The molecule has 1 aromatic heterocycles. The van der Waals surface area contributed by atoms with E-state index < -0.39 is 0 Å². The lowest BCUT2D eigenvalue weighted by Crippen LogP contribution is -2.40. The Kier molecular flexibility index (Phi) is 6.36. The number of thiocarbonyl (C=S) groups is 1. The molecule has 1 heterocycles. The van der Waals surface area contributed by atoms with Crippen LogP contribution in [0.3, 0.4) is 0 Å². The minimum absolute atomic E-state index is 0.0129. The second kappa shape index (κ2) is 8.76. The van der Waals surface area contributed by atoms with Gasteiger partial charge in [-0.2, -0.15) is 4.57 Å². The molecule has 0 saturated heterocycles. The number of benzene rings is 2. The van der Waals surface area contributed by atoms with Crippen molar-refractivity contribution < 1.29 is 9.67 Å². The SMILES string of the molecule is CC(C)(C)c1cc[n+](C(C(=S)Nc2ccccc2)=C([O-])c2cccc(Cl)c2)cc1. The largest absolute Gasteiger partial charge is 0.867 e. The van der Waals surface area contributed by atoms with E-state index in [1.54, 1.807) is 28.8 Å². The van der Waals surface area contributed by atoms with Gasteiger partial charge in [-0.1, -0.05) is 74.9 Å². The Morgan fingerprint density at radius 1 is 0.966 bits per heavy atom. The molecule has 0 aliphatic carbocycles. The number of nitrogens with zero attached hydrogens (tertiary/aromatic N) is 1. The van der Waals surface area contributed by atoms with E-state index in [9.17, 15) is 5.11 Å². The van der Waals surface area contributed by atoms with Gasteiger partial charge in [0.05, 0.1) is 0 Å². The molecule has 1 N–H and O–H groups in total. The van der Waals surface area contributed by atoms with Crippen molar-refractivity contribution in [2.45, 2.75) is 26.2 Å². The summed E-state index contributed by atoms with van der Waals surface area (Å²) >= 11 is 11.7. The van der Waals surface area contributed by atoms with Crippen LogP contribution in [0, 0.1) is 0 Å². The van der Waals surface area contributed by atoms with E-state index in [1.807, 2.05) is 54.9 Å². The summed E-state index contributed by atoms with van der Waals surface area (Å²) in [6.07, 6.45) is 3.74. The standard InChI is InChI=1S/C24H23ClN2OS/c1-24(2,3)18-12-14-27(15-13-18)21(22(28)17-8-7-9-19(25)16-17)23(29)26-20-10-5-4-6-11-20/h4-16H,1-3H3,(H-,26,28,29). The predicted molar refractivity (Wildman–Crippen MR) is 123 cm³/mol. The maximum Gasteiger partial charge on any atom is 0.238 e. The average molecular weight is 423 g/mol. The number of rotatable bonds is 4. The number of anilines is 1. The number of para-hydroxylation sites is 1. The van der Waals surface area contributed by atoms with E-state index in [4.69, 9.17) is 23.8 Å². The zero-order valence-electron chi connectivity index (χ0n) is 16.6. The highest BCUT2D eigenvalue weighted by Gasteiger charge is 2.21. The van der Waals surface area contributed by atoms with Gasteiger partial charge in [-0.3, -0.25) is 0 Å². The molecule has 2 aromatic carbocycles. The van der Waals surface area contributed by atoms with Crippen LogP contribution in [0.4, 0.5) is 5.69 Å². The minimum atomic E-state index is -0.200. The van der Waals surface area contributed by atoms with Crippen molar-refractivity contribution in [2.24, 2.45) is 0 Å². The molecule has 3 aromatic rings. The molecule has 148 valence electrons. The van der Waals surface area contributed by atoms with Crippen LogP contribution >= 0.6 is 23.8 Å². The summed E-state index contributed by atoms with van der Waals surface area (Å²) in [7, 11) is 0. The summed E-state index contributed by atoms with van der Waals surface area (Å²) in [5.74, 6) is -0.200. The fraction of sp³-hybridized carbons (Fsp3) is 0.167. The second-order valence-corrected chi connectivity index (χ2v) is 8.60. The van der Waals surface area contributed by atoms with E-state index >= 15 is 0 Å². The highest BCUT2D eigenvalue weighted by atomic mass is 35.5. The highest BCUT2D eigenvalue weighted by Crippen LogP contribution is 2.22. The number of halogens is 1. The Hall–Kier alpha value is -2.69. The Morgan fingerprint density at radius 3 is 2.21 bits per heavy atom. The van der Waals surface area contributed by atoms with E-state index in [2.05, 4.69) is 26.1 Å². The molecule has 0 saturated carbocycles.